The van der Waals surface area contributed by atoms with Gasteiger partial charge >= 0.3 is 0 Å². The van der Waals surface area contributed by atoms with Crippen LogP contribution >= 0.6 is 34.0 Å². The third-order valence-electron chi connectivity index (χ3n) is 14.7. The number of rotatable bonds is 9. The number of fused-ring (bicyclic) bond motifs is 7. The van der Waals surface area contributed by atoms with Gasteiger partial charge in [-0.1, -0.05) is 189 Å². The minimum absolute atomic E-state index is 0. The van der Waals surface area contributed by atoms with Gasteiger partial charge in [-0.3, -0.25) is 0 Å². The average molecular weight is 1050 g/mol. The van der Waals surface area contributed by atoms with E-state index in [1.165, 1.54) is 103 Å². The Labute approximate surface area is 437 Å². The molecule has 1 atom stereocenters. The molecular weight excluding hydrogens is 992 g/mol. The normalized spacial score (nSPS) is 16.3. The Morgan fingerprint density at radius 2 is 1.28 bits per heavy atom. The van der Waals surface area contributed by atoms with Gasteiger partial charge in [-0.2, -0.15) is 0 Å². The molecule has 0 saturated carbocycles. The molecule has 0 radical (unpaired) electrons. The summed E-state index contributed by atoms with van der Waals surface area (Å²) in [5.74, 6) is 1.03. The molecule has 9 aromatic carbocycles. The van der Waals surface area contributed by atoms with Crippen molar-refractivity contribution >= 4 is 129 Å². The number of halogens is 1. The van der Waals surface area contributed by atoms with E-state index < -0.39 is 10.0 Å². The topological polar surface area (TPSA) is 6.48 Å². The summed E-state index contributed by atoms with van der Waals surface area (Å²) in [6.45, 7) is 4.46. The van der Waals surface area contributed by atoms with E-state index >= 15 is 0 Å². The quantitative estimate of drug-likeness (QED) is 0.0615. The number of anilines is 5. The summed E-state index contributed by atoms with van der Waals surface area (Å²) in [5.41, 5.74) is 12.5. The van der Waals surface area contributed by atoms with Crippen molar-refractivity contribution in [3.63, 3.8) is 0 Å². The van der Waals surface area contributed by atoms with Crippen LogP contribution < -0.4 is 20.2 Å². The van der Waals surface area contributed by atoms with E-state index in [1.54, 1.807) is 0 Å². The van der Waals surface area contributed by atoms with Crippen LogP contribution in [0.25, 0.3) is 66.9 Å². The zero-order valence-electron chi connectivity index (χ0n) is 41.0. The molecule has 1 unspecified atom stereocenters. The lowest BCUT2D eigenvalue weighted by molar-refractivity contribution is 0.968. The molecule has 12 rings (SSSR count). The van der Waals surface area contributed by atoms with Crippen LogP contribution in [0.5, 0.6) is 0 Å². The lowest BCUT2D eigenvalue weighted by Crippen LogP contribution is -2.32. The van der Waals surface area contributed by atoms with Gasteiger partial charge < -0.3 is 9.80 Å². The standard InChI is InChI=1S/C67H58N2S.HI/c1-5-6-18-46(2)39-55-37-38-70(3,4)65-45-64-63(44-62(55)65)66(68(57-34-31-48-20-8-12-24-52(48)41-57)56-28-17-27-47-19-7-11-23-51(47)40-56)60-29-15-16-30-61(60)67(64)69(58-35-32-49-21-9-13-25-53(49)42-58)59-36-33-50-22-10-14-26-54(50)43-59;/h6-7,9-19,21-37,39-45,56H,5,8,20,38H2,1-4H3;1H/b18-6-,46-39?;. The highest BCUT2D eigenvalue weighted by Gasteiger charge is 2.32. The second kappa shape index (κ2) is 19.4. The van der Waals surface area contributed by atoms with E-state index in [2.05, 4.69) is 261 Å². The minimum Gasteiger partial charge on any atom is -0.330 e. The van der Waals surface area contributed by atoms with E-state index in [-0.39, 0.29) is 30.0 Å². The van der Waals surface area contributed by atoms with Crippen molar-refractivity contribution in [3.05, 3.63) is 239 Å². The van der Waals surface area contributed by atoms with Gasteiger partial charge in [0, 0.05) is 38.6 Å². The summed E-state index contributed by atoms with van der Waals surface area (Å²) < 4.78 is 0. The summed E-state index contributed by atoms with van der Waals surface area (Å²) >= 11 is 0. The van der Waals surface area contributed by atoms with Gasteiger partial charge in [0.1, 0.15) is 0 Å². The van der Waals surface area contributed by atoms with Crippen LogP contribution in [-0.2, 0) is 6.42 Å². The zero-order chi connectivity index (χ0) is 47.3. The lowest BCUT2D eigenvalue weighted by Gasteiger charge is -2.39. The van der Waals surface area contributed by atoms with Crippen molar-refractivity contribution in [2.24, 2.45) is 0 Å². The molecule has 2 aliphatic carbocycles. The third kappa shape index (κ3) is 8.65. The monoisotopic (exact) mass is 1050 g/mol. The summed E-state index contributed by atoms with van der Waals surface area (Å²) in [4.78, 5) is 6.68. The molecule has 9 aromatic rings. The predicted octanol–water partition coefficient (Wildman–Crippen LogP) is 17.4. The van der Waals surface area contributed by atoms with Crippen molar-refractivity contribution < 1.29 is 0 Å². The molecule has 0 spiro atoms. The lowest BCUT2D eigenvalue weighted by atomic mass is 9.91. The number of hydrogen-bond donors (Lipinski definition) is 0. The van der Waals surface area contributed by atoms with Gasteiger partial charge in [-0.15, -0.1) is 24.0 Å². The maximum absolute atomic E-state index is 2.65. The molecule has 1 aliphatic heterocycles. The minimum atomic E-state index is -1.24. The van der Waals surface area contributed by atoms with Crippen molar-refractivity contribution in [1.82, 2.24) is 0 Å². The summed E-state index contributed by atoms with van der Waals surface area (Å²) in [6.07, 6.45) is 31.7. The van der Waals surface area contributed by atoms with E-state index in [0.717, 1.165) is 36.4 Å². The molecule has 0 aromatic heterocycles. The van der Waals surface area contributed by atoms with E-state index in [4.69, 9.17) is 0 Å². The van der Waals surface area contributed by atoms with E-state index in [1.807, 2.05) is 0 Å². The van der Waals surface area contributed by atoms with Gasteiger partial charge in [0.25, 0.3) is 0 Å². The summed E-state index contributed by atoms with van der Waals surface area (Å²) in [5, 5.41) is 12.2. The fraction of sp³-hybridized carbons (Fsp3) is 0.134. The van der Waals surface area contributed by atoms with Crippen molar-refractivity contribution in [3.8, 4) is 0 Å². The molecule has 350 valence electrons. The molecule has 2 nitrogen and oxygen atoms in total. The Morgan fingerprint density at radius 3 is 2.00 bits per heavy atom. The fourth-order valence-corrected chi connectivity index (χ4v) is 13.1. The molecule has 0 amide bonds. The van der Waals surface area contributed by atoms with Crippen LogP contribution in [0.2, 0.25) is 0 Å². The first-order valence-corrected chi connectivity index (χ1v) is 27.5. The fourth-order valence-electron chi connectivity index (χ4n) is 11.1. The van der Waals surface area contributed by atoms with Crippen molar-refractivity contribution in [2.45, 2.75) is 44.0 Å². The van der Waals surface area contributed by atoms with Crippen molar-refractivity contribution in [1.29, 1.82) is 0 Å². The van der Waals surface area contributed by atoms with E-state index in [9.17, 15) is 0 Å². The maximum atomic E-state index is 2.65. The molecule has 0 bridgehead atoms. The Bertz CT molecular complexity index is 3790. The van der Waals surface area contributed by atoms with Crippen LogP contribution in [-0.4, -0.2) is 24.3 Å². The molecule has 4 heteroatoms. The van der Waals surface area contributed by atoms with Gasteiger partial charge in [-0.05, 0) is 152 Å². The van der Waals surface area contributed by atoms with Crippen LogP contribution in [0.1, 0.15) is 43.4 Å². The van der Waals surface area contributed by atoms with Crippen molar-refractivity contribution in [2.75, 3.05) is 28.1 Å². The highest BCUT2D eigenvalue weighted by Crippen LogP contribution is 2.59. The van der Waals surface area contributed by atoms with Crippen LogP contribution in [0.15, 0.2) is 217 Å². The first-order valence-electron chi connectivity index (χ1n) is 24.9. The number of allylic oxidation sites excluding steroid dienone is 7. The predicted molar refractivity (Wildman–Crippen MR) is 324 cm³/mol. The number of benzene rings is 9. The van der Waals surface area contributed by atoms with Crippen LogP contribution in [0, 0.1) is 0 Å². The summed E-state index contributed by atoms with van der Waals surface area (Å²) in [6, 6.07) is 61.9. The van der Waals surface area contributed by atoms with Crippen LogP contribution in [0.4, 0.5) is 28.4 Å². The number of aryl methyl sites for hydroxylation is 1. The number of hydrogen-bond acceptors (Lipinski definition) is 2. The first-order chi connectivity index (χ1) is 34.3. The third-order valence-corrected chi connectivity index (χ3v) is 17.2. The highest BCUT2D eigenvalue weighted by atomic mass is 127. The molecule has 71 heavy (non-hydrogen) atoms. The first kappa shape index (κ1) is 46.5. The second-order valence-corrected chi connectivity index (χ2v) is 23.5. The SMILES string of the molecule is CC/C=C\C(C)=CC1=CCS(C)(C)c2cc3c(N(c4ccc5ccccc5c4)c4ccc5ccccc5c4)c4ccccc4c(N(c4ccc5c(c4)C=CCC5)C4C=CC=c5ccccc5=C4)c3cc21.I. The second-order valence-electron chi connectivity index (χ2n) is 19.6. The molecule has 0 saturated heterocycles. The Morgan fingerprint density at radius 1 is 0.648 bits per heavy atom. The molecule has 3 aliphatic rings. The Kier molecular flexibility index (Phi) is 12.7. The van der Waals surface area contributed by atoms with Gasteiger partial charge in [-0.25, -0.2) is 10.0 Å². The van der Waals surface area contributed by atoms with Gasteiger partial charge in [0.05, 0.1) is 17.4 Å². The smallest absolute Gasteiger partial charge is 0.0718 e. The molecule has 0 fully saturated rings. The maximum Gasteiger partial charge on any atom is 0.0718 e. The summed E-state index contributed by atoms with van der Waals surface area (Å²) in [7, 11) is -1.24. The van der Waals surface area contributed by atoms with Gasteiger partial charge in [0.15, 0.2) is 0 Å². The number of nitrogens with zero attached hydrogens (tertiary/aromatic N) is 2. The average Bonchev–Trinajstić information content (AvgIpc) is 3.62. The van der Waals surface area contributed by atoms with E-state index in [0.29, 0.717) is 0 Å². The molecule has 1 heterocycles. The Hall–Kier alpha value is -6.86. The van der Waals surface area contributed by atoms with Crippen LogP contribution in [0.3, 0.4) is 0 Å². The molecular formula is C67H59IN2S. The zero-order valence-corrected chi connectivity index (χ0v) is 44.1. The van der Waals surface area contributed by atoms with Gasteiger partial charge in [0.2, 0.25) is 0 Å². The highest BCUT2D eigenvalue weighted by molar-refractivity contribution is 14.0. The molecule has 0 N–H and O–H groups in total. The largest absolute Gasteiger partial charge is 0.330 e. The Balaban J connectivity index is 0.00000547.